The fourth-order valence-electron chi connectivity index (χ4n) is 2.16. The second-order valence-electron chi connectivity index (χ2n) is 5.97. The molecule has 0 atom stereocenters. The molecule has 0 saturated carbocycles. The quantitative estimate of drug-likeness (QED) is 0.588. The number of halogens is 1. The minimum Gasteiger partial charge on any atom is -0.326 e. The van der Waals surface area contributed by atoms with Gasteiger partial charge in [-0.2, -0.15) is 0 Å². The Balaban J connectivity index is 1.95. The van der Waals surface area contributed by atoms with Crippen molar-refractivity contribution in [2.24, 2.45) is 0 Å². The van der Waals surface area contributed by atoms with Crippen molar-refractivity contribution in [2.45, 2.75) is 16.2 Å². The van der Waals surface area contributed by atoms with E-state index in [4.69, 9.17) is 0 Å². The fourth-order valence-corrected chi connectivity index (χ4v) is 4.41. The number of anilines is 1. The van der Waals surface area contributed by atoms with Crippen molar-refractivity contribution in [3.63, 3.8) is 0 Å². The summed E-state index contributed by atoms with van der Waals surface area (Å²) in [5, 5.41) is 2.56. The van der Waals surface area contributed by atoms with Gasteiger partial charge < -0.3 is 5.32 Å². The average Bonchev–Trinajstić information content (AvgIpc) is 2.62. The van der Waals surface area contributed by atoms with Gasteiger partial charge in [-0.15, -0.1) is 0 Å². The van der Waals surface area contributed by atoms with Crippen LogP contribution in [0.15, 0.2) is 62.8 Å². The summed E-state index contributed by atoms with van der Waals surface area (Å²) in [6.45, 7) is -0.0973. The molecule has 8 nitrogen and oxygen atoms in total. The maximum atomic E-state index is 12.2. The van der Waals surface area contributed by atoms with Crippen molar-refractivity contribution in [2.75, 3.05) is 26.0 Å². The molecule has 152 valence electrons. The largest absolute Gasteiger partial charge is 0.326 e. The van der Waals surface area contributed by atoms with Crippen LogP contribution in [0.4, 0.5) is 5.69 Å². The molecule has 0 aliphatic rings. The third kappa shape index (κ3) is 5.85. The third-order valence-electron chi connectivity index (χ3n) is 3.66. The molecule has 2 rings (SSSR count). The van der Waals surface area contributed by atoms with Crippen LogP contribution in [-0.4, -0.2) is 47.7 Å². The summed E-state index contributed by atoms with van der Waals surface area (Å²) in [4.78, 5) is 12.2. The maximum absolute atomic E-state index is 12.2. The van der Waals surface area contributed by atoms with Gasteiger partial charge in [0.05, 0.1) is 9.79 Å². The summed E-state index contributed by atoms with van der Waals surface area (Å²) in [6.07, 6.45) is -0.111. The molecular formula is C17H20BrN3O5S2. The van der Waals surface area contributed by atoms with Gasteiger partial charge in [-0.3, -0.25) is 4.79 Å². The van der Waals surface area contributed by atoms with Gasteiger partial charge in [0.15, 0.2) is 0 Å². The van der Waals surface area contributed by atoms with Gasteiger partial charge in [-0.1, -0.05) is 22.0 Å². The molecule has 2 aromatic rings. The summed E-state index contributed by atoms with van der Waals surface area (Å²) in [5.74, 6) is -0.446. The topological polar surface area (TPSA) is 113 Å². The molecule has 11 heteroatoms. The number of carbonyl (C=O) groups excluding carboxylic acids is 1. The van der Waals surface area contributed by atoms with Crippen molar-refractivity contribution in [1.29, 1.82) is 0 Å². The number of benzene rings is 2. The molecule has 0 aliphatic carbocycles. The molecule has 0 fully saturated rings. The third-order valence-corrected chi connectivity index (χ3v) is 7.48. The Morgan fingerprint density at radius 3 is 2.25 bits per heavy atom. The first kappa shape index (κ1) is 22.5. The molecule has 0 spiro atoms. The highest BCUT2D eigenvalue weighted by Crippen LogP contribution is 2.18. The van der Waals surface area contributed by atoms with Crippen LogP contribution in [-0.2, 0) is 24.8 Å². The zero-order valence-electron chi connectivity index (χ0n) is 15.2. The molecule has 0 bridgehead atoms. The highest BCUT2D eigenvalue weighted by atomic mass is 79.9. The Labute approximate surface area is 173 Å². The van der Waals surface area contributed by atoms with Crippen LogP contribution in [0.1, 0.15) is 6.42 Å². The molecule has 0 unspecified atom stereocenters. The van der Waals surface area contributed by atoms with Gasteiger partial charge in [0.1, 0.15) is 0 Å². The predicted molar refractivity (Wildman–Crippen MR) is 110 cm³/mol. The summed E-state index contributed by atoms with van der Waals surface area (Å²) in [7, 11) is -4.51. The second kappa shape index (κ2) is 9.14. The highest BCUT2D eigenvalue weighted by molar-refractivity contribution is 9.10. The van der Waals surface area contributed by atoms with E-state index in [1.165, 1.54) is 44.4 Å². The van der Waals surface area contributed by atoms with E-state index in [1.807, 2.05) is 0 Å². The number of nitrogens with zero attached hydrogens (tertiary/aromatic N) is 1. The summed E-state index contributed by atoms with van der Waals surface area (Å²) >= 11 is 3.23. The van der Waals surface area contributed by atoms with Crippen LogP contribution >= 0.6 is 15.9 Å². The van der Waals surface area contributed by atoms with Crippen molar-refractivity contribution >= 4 is 47.6 Å². The SMILES string of the molecule is CN(C)S(=O)(=O)c1cccc(NC(=O)CCNS(=O)(=O)c2ccc(Br)cc2)c1. The number of hydrogen-bond donors (Lipinski definition) is 2. The number of sulfonamides is 2. The van der Waals surface area contributed by atoms with Crippen molar-refractivity contribution < 1.29 is 21.6 Å². The lowest BCUT2D eigenvalue weighted by Crippen LogP contribution is -2.28. The molecule has 0 radical (unpaired) electrons. The van der Waals surface area contributed by atoms with E-state index < -0.39 is 26.0 Å². The van der Waals surface area contributed by atoms with E-state index in [9.17, 15) is 21.6 Å². The van der Waals surface area contributed by atoms with E-state index in [1.54, 1.807) is 18.2 Å². The Hall–Kier alpha value is -1.79. The molecule has 1 amide bonds. The standard InChI is InChI=1S/C17H20BrN3O5S2/c1-21(2)28(25,26)16-5-3-4-14(12-16)20-17(22)10-11-19-27(23,24)15-8-6-13(18)7-9-15/h3-9,12,19H,10-11H2,1-2H3,(H,20,22). The van der Waals surface area contributed by atoms with Crippen LogP contribution in [0.5, 0.6) is 0 Å². The average molecular weight is 490 g/mol. The smallest absolute Gasteiger partial charge is 0.242 e. The Morgan fingerprint density at radius 2 is 1.64 bits per heavy atom. The zero-order chi connectivity index (χ0) is 20.9. The molecule has 0 saturated heterocycles. The second-order valence-corrected chi connectivity index (χ2v) is 10.8. The lowest BCUT2D eigenvalue weighted by molar-refractivity contribution is -0.116. The lowest BCUT2D eigenvalue weighted by atomic mass is 10.3. The van der Waals surface area contributed by atoms with Crippen LogP contribution in [0.3, 0.4) is 0 Å². The van der Waals surface area contributed by atoms with Gasteiger partial charge in [0.25, 0.3) is 0 Å². The monoisotopic (exact) mass is 489 g/mol. The molecule has 0 heterocycles. The molecule has 2 aromatic carbocycles. The van der Waals surface area contributed by atoms with E-state index >= 15 is 0 Å². The Morgan fingerprint density at radius 1 is 1.00 bits per heavy atom. The van der Waals surface area contributed by atoms with Gasteiger partial charge in [0.2, 0.25) is 26.0 Å². The zero-order valence-corrected chi connectivity index (χ0v) is 18.4. The van der Waals surface area contributed by atoms with Crippen LogP contribution < -0.4 is 10.0 Å². The van der Waals surface area contributed by atoms with Gasteiger partial charge in [-0.25, -0.2) is 25.9 Å². The number of amides is 1. The minimum atomic E-state index is -3.72. The number of nitrogens with one attached hydrogen (secondary N) is 2. The van der Waals surface area contributed by atoms with Gasteiger partial charge >= 0.3 is 0 Å². The lowest BCUT2D eigenvalue weighted by Gasteiger charge is -2.13. The highest BCUT2D eigenvalue weighted by Gasteiger charge is 2.18. The Bertz CT molecular complexity index is 1050. The van der Waals surface area contributed by atoms with E-state index in [-0.39, 0.29) is 22.8 Å². The molecular weight excluding hydrogens is 470 g/mol. The van der Waals surface area contributed by atoms with E-state index in [2.05, 4.69) is 26.0 Å². The molecule has 28 heavy (non-hydrogen) atoms. The number of carbonyl (C=O) groups is 1. The molecule has 0 aromatic heterocycles. The van der Waals surface area contributed by atoms with Gasteiger partial charge in [-0.05, 0) is 42.5 Å². The summed E-state index contributed by atoms with van der Waals surface area (Å²) in [5.41, 5.74) is 0.309. The molecule has 0 aliphatic heterocycles. The first-order valence-electron chi connectivity index (χ1n) is 8.10. The van der Waals surface area contributed by atoms with Crippen molar-refractivity contribution in [3.05, 3.63) is 53.0 Å². The van der Waals surface area contributed by atoms with Crippen molar-refractivity contribution in [3.8, 4) is 0 Å². The first-order valence-corrected chi connectivity index (χ1v) is 11.8. The van der Waals surface area contributed by atoms with Gasteiger partial charge in [0, 0.05) is 37.2 Å². The summed E-state index contributed by atoms with van der Waals surface area (Å²) in [6, 6.07) is 12.0. The molecule has 2 N–H and O–H groups in total. The first-order chi connectivity index (χ1) is 13.0. The van der Waals surface area contributed by atoms with Crippen LogP contribution in [0.2, 0.25) is 0 Å². The maximum Gasteiger partial charge on any atom is 0.242 e. The predicted octanol–water partition coefficient (Wildman–Crippen LogP) is 2.01. The minimum absolute atomic E-state index is 0.0474. The number of hydrogen-bond acceptors (Lipinski definition) is 5. The normalized spacial score (nSPS) is 12.1. The van der Waals surface area contributed by atoms with E-state index in [0.29, 0.717) is 5.69 Å². The van der Waals surface area contributed by atoms with Crippen molar-refractivity contribution in [1.82, 2.24) is 9.03 Å². The Kier molecular flexibility index (Phi) is 7.34. The number of rotatable bonds is 8. The van der Waals surface area contributed by atoms with Crippen LogP contribution in [0, 0.1) is 0 Å². The van der Waals surface area contributed by atoms with Crippen LogP contribution in [0.25, 0.3) is 0 Å². The van der Waals surface area contributed by atoms with E-state index in [0.717, 1.165) is 8.78 Å². The fraction of sp³-hybridized carbons (Fsp3) is 0.235. The summed E-state index contributed by atoms with van der Waals surface area (Å²) < 4.78 is 52.8.